The number of amides is 1. The molecule has 1 heterocycles. The highest BCUT2D eigenvalue weighted by Crippen LogP contribution is 2.24. The summed E-state index contributed by atoms with van der Waals surface area (Å²) in [5.74, 6) is -0.243. The van der Waals surface area contributed by atoms with E-state index in [9.17, 15) is 13.2 Å². The van der Waals surface area contributed by atoms with Gasteiger partial charge in [-0.05, 0) is 37.5 Å². The van der Waals surface area contributed by atoms with Crippen LogP contribution in [-0.2, 0) is 27.9 Å². The summed E-state index contributed by atoms with van der Waals surface area (Å²) in [6, 6.07) is 6.22. The van der Waals surface area contributed by atoms with E-state index >= 15 is 0 Å². The van der Waals surface area contributed by atoms with Crippen LogP contribution in [0.1, 0.15) is 36.2 Å². The van der Waals surface area contributed by atoms with Crippen LogP contribution in [-0.4, -0.2) is 23.9 Å². The molecular formula is C17H21N3O4S2. The fourth-order valence-corrected chi connectivity index (χ4v) is 3.61. The fourth-order valence-electron chi connectivity index (χ4n) is 2.22. The number of nitrogens with zero attached hydrogens (tertiary/aromatic N) is 1. The summed E-state index contributed by atoms with van der Waals surface area (Å²) in [6.45, 7) is 7.31. The number of nitrogens with one attached hydrogen (secondary N) is 2. The zero-order chi connectivity index (χ0) is 19.3. The third kappa shape index (κ3) is 5.94. The predicted octanol–water partition coefficient (Wildman–Crippen LogP) is 2.90. The first kappa shape index (κ1) is 20.1. The summed E-state index contributed by atoms with van der Waals surface area (Å²) in [7, 11) is -4.31. The predicted molar refractivity (Wildman–Crippen MR) is 103 cm³/mol. The van der Waals surface area contributed by atoms with E-state index in [1.165, 1.54) is 11.3 Å². The second kappa shape index (κ2) is 8.43. The average molecular weight is 396 g/mol. The van der Waals surface area contributed by atoms with E-state index in [2.05, 4.69) is 16.9 Å². The third-order valence-corrected chi connectivity index (χ3v) is 5.06. The topological polar surface area (TPSA) is 108 Å². The molecule has 0 bridgehead atoms. The molecule has 1 atom stereocenters. The first-order valence-electron chi connectivity index (χ1n) is 7.92. The Bertz CT molecular complexity index is 889. The van der Waals surface area contributed by atoms with Crippen molar-refractivity contribution < 1.29 is 17.8 Å². The second-order valence-corrected chi connectivity index (χ2v) is 7.86. The maximum absolute atomic E-state index is 12.1. The van der Waals surface area contributed by atoms with Crippen molar-refractivity contribution in [3.8, 4) is 0 Å². The lowest BCUT2D eigenvalue weighted by Crippen LogP contribution is -2.30. The second-order valence-electron chi connectivity index (χ2n) is 5.82. The molecule has 1 amide bonds. The van der Waals surface area contributed by atoms with Crippen LogP contribution in [0.4, 0.5) is 5.69 Å². The Morgan fingerprint density at radius 2 is 2.00 bits per heavy atom. The van der Waals surface area contributed by atoms with E-state index in [4.69, 9.17) is 4.55 Å². The van der Waals surface area contributed by atoms with Gasteiger partial charge in [-0.25, -0.2) is 4.98 Å². The summed E-state index contributed by atoms with van der Waals surface area (Å²) in [6.07, 6.45) is 1.30. The van der Waals surface area contributed by atoms with Crippen LogP contribution in [0.5, 0.6) is 0 Å². The van der Waals surface area contributed by atoms with E-state index in [0.717, 1.165) is 22.7 Å². The molecule has 0 unspecified atom stereocenters. The lowest BCUT2D eigenvalue weighted by Gasteiger charge is -2.17. The normalized spacial score (nSPS) is 12.4. The van der Waals surface area contributed by atoms with Gasteiger partial charge in [0.15, 0.2) is 0 Å². The van der Waals surface area contributed by atoms with Crippen molar-refractivity contribution in [3.63, 3.8) is 0 Å². The molecule has 0 fully saturated rings. The van der Waals surface area contributed by atoms with Crippen molar-refractivity contribution in [3.05, 3.63) is 58.1 Å². The number of aryl methyl sites for hydroxylation is 1. The van der Waals surface area contributed by atoms with Crippen molar-refractivity contribution in [1.29, 1.82) is 0 Å². The van der Waals surface area contributed by atoms with Crippen molar-refractivity contribution >= 4 is 33.2 Å². The minimum absolute atomic E-state index is 0.243. The lowest BCUT2D eigenvalue weighted by atomic mass is 10.1. The number of rotatable bonds is 8. The van der Waals surface area contributed by atoms with Gasteiger partial charge in [-0.3, -0.25) is 14.1 Å². The van der Waals surface area contributed by atoms with Gasteiger partial charge >= 0.3 is 10.3 Å². The van der Waals surface area contributed by atoms with E-state index in [1.807, 2.05) is 17.0 Å². The molecule has 7 nitrogen and oxygen atoms in total. The number of aromatic nitrogens is 1. The molecule has 2 rings (SSSR count). The van der Waals surface area contributed by atoms with Gasteiger partial charge in [0.2, 0.25) is 5.91 Å². The Labute approximate surface area is 157 Å². The van der Waals surface area contributed by atoms with Gasteiger partial charge in [-0.2, -0.15) is 8.42 Å². The number of carbonyl (C=O) groups is 1. The van der Waals surface area contributed by atoms with E-state index < -0.39 is 10.3 Å². The van der Waals surface area contributed by atoms with Crippen LogP contribution < -0.4 is 10.0 Å². The van der Waals surface area contributed by atoms with Gasteiger partial charge in [0.1, 0.15) is 5.01 Å². The summed E-state index contributed by atoms with van der Waals surface area (Å²) < 4.78 is 32.5. The molecule has 0 aliphatic heterocycles. The van der Waals surface area contributed by atoms with E-state index in [-0.39, 0.29) is 17.6 Å². The molecule has 0 radical (unpaired) electrons. The number of carbonyl (C=O) groups excluding carboxylic acids is 1. The maximum Gasteiger partial charge on any atom is 0.357 e. The quantitative estimate of drug-likeness (QED) is 0.470. The summed E-state index contributed by atoms with van der Waals surface area (Å²) >= 11 is 1.49. The van der Waals surface area contributed by atoms with Crippen LogP contribution in [0.2, 0.25) is 0 Å². The Morgan fingerprint density at radius 1 is 1.35 bits per heavy atom. The van der Waals surface area contributed by atoms with Gasteiger partial charge < -0.3 is 5.32 Å². The van der Waals surface area contributed by atoms with Gasteiger partial charge in [0.05, 0.1) is 17.4 Å². The highest BCUT2D eigenvalue weighted by molar-refractivity contribution is 7.87. The Balaban J connectivity index is 2.20. The average Bonchev–Trinajstić information content (AvgIpc) is 3.03. The monoisotopic (exact) mass is 395 g/mol. The summed E-state index contributed by atoms with van der Waals surface area (Å²) in [5.41, 5.74) is 2.51. The Morgan fingerprint density at radius 3 is 2.50 bits per heavy atom. The highest BCUT2D eigenvalue weighted by Gasteiger charge is 2.19. The summed E-state index contributed by atoms with van der Waals surface area (Å²) in [4.78, 5) is 16.6. The first-order valence-corrected chi connectivity index (χ1v) is 10.2. The molecule has 26 heavy (non-hydrogen) atoms. The molecule has 0 saturated carbocycles. The molecule has 1 aromatic heterocycles. The van der Waals surface area contributed by atoms with Crippen LogP contribution >= 0.6 is 11.3 Å². The molecule has 0 aliphatic carbocycles. The number of anilines is 1. The molecule has 1 aromatic carbocycles. The summed E-state index contributed by atoms with van der Waals surface area (Å²) in [5, 5.41) is 5.70. The minimum Gasteiger partial charge on any atom is -0.343 e. The highest BCUT2D eigenvalue weighted by atomic mass is 32.2. The minimum atomic E-state index is -4.31. The number of benzene rings is 1. The van der Waals surface area contributed by atoms with E-state index in [0.29, 0.717) is 12.0 Å². The SMILES string of the molecule is C=C(C)C(=O)N[C@@H](Cc1ccc(NS(=O)(=O)O)cc1)c1nc(CC)cs1. The van der Waals surface area contributed by atoms with Gasteiger partial charge in [0, 0.05) is 11.0 Å². The molecule has 140 valence electrons. The van der Waals surface area contributed by atoms with Crippen LogP contribution in [0.15, 0.2) is 41.8 Å². The molecule has 0 saturated heterocycles. The van der Waals surface area contributed by atoms with Crippen molar-refractivity contribution in [2.24, 2.45) is 0 Å². The maximum atomic E-state index is 12.1. The van der Waals surface area contributed by atoms with Gasteiger partial charge in [0.25, 0.3) is 0 Å². The zero-order valence-corrected chi connectivity index (χ0v) is 16.2. The number of hydrogen-bond donors (Lipinski definition) is 3. The van der Waals surface area contributed by atoms with Crippen LogP contribution in [0.3, 0.4) is 0 Å². The van der Waals surface area contributed by atoms with Crippen molar-refractivity contribution in [2.75, 3.05) is 4.72 Å². The number of thiazole rings is 1. The molecule has 9 heteroatoms. The number of hydrogen-bond acceptors (Lipinski definition) is 5. The first-order chi connectivity index (χ1) is 12.2. The largest absolute Gasteiger partial charge is 0.357 e. The Hall–Kier alpha value is -2.23. The smallest absolute Gasteiger partial charge is 0.343 e. The third-order valence-electron chi connectivity index (χ3n) is 3.56. The molecule has 0 spiro atoms. The van der Waals surface area contributed by atoms with Crippen LogP contribution in [0.25, 0.3) is 0 Å². The van der Waals surface area contributed by atoms with Crippen LogP contribution in [0, 0.1) is 0 Å². The van der Waals surface area contributed by atoms with Crippen molar-refractivity contribution in [2.45, 2.75) is 32.7 Å². The van der Waals surface area contributed by atoms with Gasteiger partial charge in [-0.1, -0.05) is 25.6 Å². The molecule has 3 N–H and O–H groups in total. The molecule has 0 aliphatic rings. The van der Waals surface area contributed by atoms with Gasteiger partial charge in [-0.15, -0.1) is 11.3 Å². The Kier molecular flexibility index (Phi) is 6.52. The molecular weight excluding hydrogens is 374 g/mol. The molecule has 2 aromatic rings. The van der Waals surface area contributed by atoms with Crippen molar-refractivity contribution in [1.82, 2.24) is 10.3 Å². The lowest BCUT2D eigenvalue weighted by molar-refractivity contribution is -0.118. The van der Waals surface area contributed by atoms with E-state index in [1.54, 1.807) is 31.2 Å². The zero-order valence-electron chi connectivity index (χ0n) is 14.5. The fraction of sp³-hybridized carbons (Fsp3) is 0.294. The standard InChI is InChI=1S/C17H21N3O4S2/c1-4-13-10-25-17(18-13)15(19-16(21)11(2)3)9-12-5-7-14(8-6-12)20-26(22,23)24/h5-8,10,15,20H,2,4,9H2,1,3H3,(H,19,21)(H,22,23,24)/t15-/m0/s1.